The van der Waals surface area contributed by atoms with Crippen molar-refractivity contribution >= 4 is 56.0 Å². The number of nitrogens with one attached hydrogen (secondary N) is 1. The van der Waals surface area contributed by atoms with Gasteiger partial charge in [0, 0.05) is 24.4 Å². The number of carbonyl (C=O) groups excluding carboxylic acids is 4. The van der Waals surface area contributed by atoms with Gasteiger partial charge in [0.1, 0.15) is 11.9 Å². The van der Waals surface area contributed by atoms with Crippen LogP contribution in [0.4, 0.5) is 8.78 Å². The molecular weight excluding hydrogens is 796 g/mol. The lowest BCUT2D eigenvalue weighted by Gasteiger charge is -2.34. The van der Waals surface area contributed by atoms with Gasteiger partial charge in [-0.1, -0.05) is 44.0 Å². The number of hydrogen-bond donors (Lipinski definition) is 1. The molecule has 2 amide bonds. The van der Waals surface area contributed by atoms with Gasteiger partial charge in [0.2, 0.25) is 27.7 Å². The summed E-state index contributed by atoms with van der Waals surface area (Å²) in [6.45, 7) is 7.64. The van der Waals surface area contributed by atoms with Crippen molar-refractivity contribution in [2.45, 2.75) is 128 Å². The number of rotatable bonds is 11. The van der Waals surface area contributed by atoms with E-state index in [1.54, 1.807) is 31.3 Å². The maximum Gasteiger partial charge on any atom is 0.307 e. The van der Waals surface area contributed by atoms with E-state index in [0.717, 1.165) is 13.8 Å². The van der Waals surface area contributed by atoms with Gasteiger partial charge in [-0.05, 0) is 101 Å². The number of benzene rings is 1. The average molecular weight is 850 g/mol. The number of Topliss-reactive ketones (excluding diaryl/α,β-unsaturated/α-hetero) is 1. The molecule has 1 saturated heterocycles. The number of methoxy groups -OCH3 is 1. The molecule has 1 aromatic carbocycles. The van der Waals surface area contributed by atoms with Crippen LogP contribution in [0.5, 0.6) is 11.6 Å². The van der Waals surface area contributed by atoms with Gasteiger partial charge in [-0.3, -0.25) is 23.9 Å². The van der Waals surface area contributed by atoms with Crippen molar-refractivity contribution in [3.63, 3.8) is 0 Å². The quantitative estimate of drug-likeness (QED) is 0.181. The van der Waals surface area contributed by atoms with E-state index in [4.69, 9.17) is 25.8 Å². The summed E-state index contributed by atoms with van der Waals surface area (Å²) in [5.74, 6) is -3.77. The Kier molecular flexibility index (Phi) is 12.6. The van der Waals surface area contributed by atoms with Gasteiger partial charge < -0.3 is 19.1 Å². The van der Waals surface area contributed by atoms with E-state index in [2.05, 4.69) is 9.71 Å². The highest BCUT2D eigenvalue weighted by Gasteiger charge is 2.63. The van der Waals surface area contributed by atoms with Gasteiger partial charge in [0.05, 0.1) is 47.2 Å². The minimum atomic E-state index is -4.01. The zero-order valence-corrected chi connectivity index (χ0v) is 35.5. The monoisotopic (exact) mass is 849 g/mol. The van der Waals surface area contributed by atoms with Gasteiger partial charge in [0.25, 0.3) is 6.43 Å². The molecule has 0 bridgehead atoms. The van der Waals surface area contributed by atoms with Gasteiger partial charge >= 0.3 is 5.97 Å². The molecule has 1 N–H and O–H groups in total. The van der Waals surface area contributed by atoms with E-state index in [-0.39, 0.29) is 43.5 Å². The lowest BCUT2D eigenvalue weighted by Crippen LogP contribution is -2.48. The summed E-state index contributed by atoms with van der Waals surface area (Å²) in [4.78, 5) is 62.9. The van der Waals surface area contributed by atoms with E-state index in [9.17, 15) is 31.6 Å². The Hall–Kier alpha value is -3.85. The van der Waals surface area contributed by atoms with Crippen molar-refractivity contribution in [2.75, 3.05) is 13.7 Å². The first-order valence-electron chi connectivity index (χ1n) is 20.1. The minimum absolute atomic E-state index is 0.00385. The molecule has 2 aromatic rings. The van der Waals surface area contributed by atoms with Crippen molar-refractivity contribution in [3.8, 4) is 11.6 Å². The van der Waals surface area contributed by atoms with Crippen LogP contribution < -0.4 is 14.2 Å². The van der Waals surface area contributed by atoms with Crippen LogP contribution in [0.3, 0.4) is 0 Å². The summed E-state index contributed by atoms with van der Waals surface area (Å²) < 4.78 is 72.4. The zero-order valence-electron chi connectivity index (χ0n) is 33.9. The number of ether oxygens (including phenoxy) is 3. The van der Waals surface area contributed by atoms with Crippen LogP contribution >= 0.6 is 11.6 Å². The van der Waals surface area contributed by atoms with Gasteiger partial charge in [-0.15, -0.1) is 0 Å². The molecule has 3 heterocycles. The SMILES string of the molecule is CC[C@@H]1C[C@H](C)CC/C=C\[C@@H]2C[C@@]2(C(=O)NS(=O)(=O)C2(C)CC2)CC(=O)[C@@H]2C[C@@H](Oc3nccc4cc(OC)c(Cl)cc34)CN2C(=O)[C@H]1CC(=O)OC(C)(C)C(F)F. The molecule has 1 aromatic heterocycles. The third kappa shape index (κ3) is 9.00. The van der Waals surface area contributed by atoms with Crippen LogP contribution in [0.25, 0.3) is 10.8 Å². The number of fused-ring (bicyclic) bond motifs is 3. The first kappa shape index (κ1) is 43.7. The number of amides is 2. The second-order valence-corrected chi connectivity index (χ2v) is 20.1. The third-order valence-corrected chi connectivity index (χ3v) is 15.2. The first-order chi connectivity index (χ1) is 27.2. The molecule has 0 unspecified atom stereocenters. The predicted octanol–water partition coefficient (Wildman–Crippen LogP) is 7.20. The number of carbonyl (C=O) groups is 4. The van der Waals surface area contributed by atoms with Gasteiger partial charge in [0.15, 0.2) is 11.4 Å². The Labute approximate surface area is 343 Å². The molecule has 2 saturated carbocycles. The van der Waals surface area contributed by atoms with Crippen molar-refractivity contribution in [1.82, 2.24) is 14.6 Å². The van der Waals surface area contributed by atoms with Crippen molar-refractivity contribution in [1.29, 1.82) is 0 Å². The maximum atomic E-state index is 15.0. The third-order valence-electron chi connectivity index (χ3n) is 12.7. The van der Waals surface area contributed by atoms with E-state index in [1.807, 2.05) is 26.0 Å². The Bertz CT molecular complexity index is 2080. The number of alkyl halides is 2. The fourth-order valence-electron chi connectivity index (χ4n) is 8.46. The molecule has 2 aliphatic heterocycles. The number of hydrogen-bond acceptors (Lipinski definition) is 10. The number of ketones is 1. The number of sulfonamides is 1. The Morgan fingerprint density at radius 1 is 1.17 bits per heavy atom. The highest BCUT2D eigenvalue weighted by Crippen LogP contribution is 2.58. The van der Waals surface area contributed by atoms with E-state index in [1.165, 1.54) is 12.0 Å². The lowest BCUT2D eigenvalue weighted by molar-refractivity contribution is -0.174. The summed E-state index contributed by atoms with van der Waals surface area (Å²) in [5, 5.41) is 1.59. The Morgan fingerprint density at radius 2 is 1.90 bits per heavy atom. The van der Waals surface area contributed by atoms with Crippen molar-refractivity contribution < 1.29 is 50.6 Å². The molecule has 12 nitrogen and oxygen atoms in total. The molecule has 2 aliphatic carbocycles. The molecule has 7 atom stereocenters. The molecule has 0 radical (unpaired) electrons. The molecule has 318 valence electrons. The maximum absolute atomic E-state index is 15.0. The highest BCUT2D eigenvalue weighted by molar-refractivity contribution is 7.91. The molecule has 58 heavy (non-hydrogen) atoms. The average Bonchev–Trinajstić information content (AvgIpc) is 4.04. The lowest BCUT2D eigenvalue weighted by atomic mass is 9.79. The Morgan fingerprint density at radius 3 is 2.55 bits per heavy atom. The molecule has 6 rings (SSSR count). The molecular formula is C42H54ClF2N3O9S. The van der Waals surface area contributed by atoms with Crippen molar-refractivity contribution in [3.05, 3.63) is 41.6 Å². The normalized spacial score (nSPS) is 29.4. The minimum Gasteiger partial charge on any atom is -0.495 e. The van der Waals surface area contributed by atoms with E-state index >= 15 is 4.79 Å². The second kappa shape index (κ2) is 16.7. The molecule has 0 spiro atoms. The highest BCUT2D eigenvalue weighted by atomic mass is 35.5. The van der Waals surface area contributed by atoms with Crippen LogP contribution in [0.2, 0.25) is 5.02 Å². The van der Waals surface area contributed by atoms with Crippen LogP contribution in [-0.4, -0.2) is 84.4 Å². The molecule has 3 fully saturated rings. The number of allylic oxidation sites excluding steroid dienone is 2. The largest absolute Gasteiger partial charge is 0.495 e. The number of pyridine rings is 1. The number of esters is 1. The van der Waals surface area contributed by atoms with E-state index < -0.39 is 86.2 Å². The number of aromatic nitrogens is 1. The van der Waals surface area contributed by atoms with Crippen LogP contribution in [-0.2, 0) is 33.9 Å². The second-order valence-electron chi connectivity index (χ2n) is 17.5. The first-order valence-corrected chi connectivity index (χ1v) is 22.0. The van der Waals surface area contributed by atoms with Crippen LogP contribution in [0, 0.1) is 29.1 Å². The Balaban J connectivity index is 1.37. The predicted molar refractivity (Wildman–Crippen MR) is 213 cm³/mol. The summed E-state index contributed by atoms with van der Waals surface area (Å²) in [5.41, 5.74) is -3.45. The van der Waals surface area contributed by atoms with Crippen molar-refractivity contribution in [2.24, 2.45) is 29.1 Å². The fourth-order valence-corrected chi connectivity index (χ4v) is 10.0. The fraction of sp³-hybridized carbons (Fsp3) is 0.643. The standard InChI is InChI=1S/C42H54ClF2N3O9S/c1-7-25-16-24(2)10-8-9-11-27-21-42(27,39(52)47-58(53,54)41(5)13-14-41)22-33(49)32-18-28(56-36-29-19-31(43)34(55-6)17-26(29)12-15-46-36)23-48(32)37(51)30(25)20-35(50)57-40(3,4)38(44)45/h9,11-12,15,17,19,24-25,27-28,30,32,38H,7-8,10,13-14,16,18,20-23H2,1-6H3,(H,47,52)/b11-9-/t24-,25-,27-,28-,30+,32+,42-/m1/s1. The number of halogens is 3. The van der Waals surface area contributed by atoms with Crippen LogP contribution in [0.1, 0.15) is 98.8 Å². The van der Waals surface area contributed by atoms with Crippen LogP contribution in [0.15, 0.2) is 36.5 Å². The number of nitrogens with zero attached hydrogens (tertiary/aromatic N) is 2. The zero-order chi connectivity index (χ0) is 42.4. The summed E-state index contributed by atoms with van der Waals surface area (Å²) >= 11 is 6.47. The summed E-state index contributed by atoms with van der Waals surface area (Å²) in [6, 6.07) is 4.01. The van der Waals surface area contributed by atoms with Gasteiger partial charge in [-0.2, -0.15) is 0 Å². The summed E-state index contributed by atoms with van der Waals surface area (Å²) in [7, 11) is -2.52. The van der Waals surface area contributed by atoms with E-state index in [0.29, 0.717) is 60.1 Å². The topological polar surface area (TPSA) is 158 Å². The van der Waals surface area contributed by atoms with Gasteiger partial charge in [-0.25, -0.2) is 22.2 Å². The smallest absolute Gasteiger partial charge is 0.307 e. The summed E-state index contributed by atoms with van der Waals surface area (Å²) in [6.07, 6.45) is 4.27. The molecule has 16 heteroatoms. The molecule has 4 aliphatic rings.